The van der Waals surface area contributed by atoms with E-state index in [1.807, 2.05) is 24.3 Å². The monoisotopic (exact) mass is 515 g/mol. The number of alkyl halides is 3. The fraction of sp³-hybridized carbons (Fsp3) is 0.160. The molecule has 0 aliphatic rings. The molecule has 0 fully saturated rings. The maximum atomic E-state index is 12.3. The van der Waals surface area contributed by atoms with Crippen LogP contribution >= 0.6 is 11.6 Å². The molecule has 4 rings (SSSR count). The first kappa shape index (κ1) is 25.1. The van der Waals surface area contributed by atoms with Gasteiger partial charge in [-0.3, -0.25) is 0 Å². The predicted molar refractivity (Wildman–Crippen MR) is 130 cm³/mol. The molecule has 1 aromatic heterocycles. The molecule has 3 aromatic carbocycles. The number of ether oxygens (including phenoxy) is 1. The maximum absolute atomic E-state index is 12.3. The van der Waals surface area contributed by atoms with Crippen molar-refractivity contribution in [2.75, 3.05) is 11.9 Å². The van der Waals surface area contributed by atoms with Crippen LogP contribution in [0.15, 0.2) is 79.1 Å². The Hall–Kier alpha value is -4.05. The van der Waals surface area contributed by atoms with Crippen molar-refractivity contribution in [3.05, 3.63) is 89.7 Å². The number of urea groups is 1. The Morgan fingerprint density at radius 2 is 1.72 bits per heavy atom. The smallest absolute Gasteiger partial charge is 0.406 e. The van der Waals surface area contributed by atoms with E-state index in [-0.39, 0.29) is 11.8 Å². The third-order valence-corrected chi connectivity index (χ3v) is 5.42. The number of para-hydroxylation sites is 1. The zero-order valence-electron chi connectivity index (χ0n) is 18.8. The van der Waals surface area contributed by atoms with Gasteiger partial charge in [0.25, 0.3) is 0 Å². The zero-order valence-corrected chi connectivity index (χ0v) is 19.6. The molecule has 11 heteroatoms. The summed E-state index contributed by atoms with van der Waals surface area (Å²) in [5.41, 5.74) is 2.99. The van der Waals surface area contributed by atoms with Crippen LogP contribution in [0.3, 0.4) is 0 Å². The van der Waals surface area contributed by atoms with Crippen molar-refractivity contribution in [3.8, 4) is 22.8 Å². The zero-order chi connectivity index (χ0) is 25.5. The van der Waals surface area contributed by atoms with Crippen molar-refractivity contribution in [1.29, 1.82) is 0 Å². The van der Waals surface area contributed by atoms with Crippen LogP contribution in [0.1, 0.15) is 12.0 Å². The molecular weight excluding hydrogens is 495 g/mol. The highest BCUT2D eigenvalue weighted by atomic mass is 35.5. The number of hydrogen-bond acceptors (Lipinski definition) is 4. The van der Waals surface area contributed by atoms with E-state index in [0.717, 1.165) is 24.0 Å². The van der Waals surface area contributed by atoms with Crippen LogP contribution in [0.4, 0.5) is 23.7 Å². The molecule has 0 atom stereocenters. The second-order valence-electron chi connectivity index (χ2n) is 7.72. The normalized spacial score (nSPS) is 11.2. The van der Waals surface area contributed by atoms with Crippen LogP contribution in [0.5, 0.6) is 5.75 Å². The second kappa shape index (κ2) is 11.1. The first-order valence-electron chi connectivity index (χ1n) is 10.9. The van der Waals surface area contributed by atoms with Crippen molar-refractivity contribution in [2.24, 2.45) is 0 Å². The highest BCUT2D eigenvalue weighted by Crippen LogP contribution is 2.24. The van der Waals surface area contributed by atoms with E-state index < -0.39 is 6.36 Å². The van der Waals surface area contributed by atoms with Gasteiger partial charge in [-0.25, -0.2) is 14.5 Å². The number of benzene rings is 3. The molecule has 0 aliphatic carbocycles. The highest BCUT2D eigenvalue weighted by Gasteiger charge is 2.31. The lowest BCUT2D eigenvalue weighted by atomic mass is 10.1. The number of nitrogens with zero attached hydrogens (tertiary/aromatic N) is 3. The number of nitrogens with one attached hydrogen (secondary N) is 2. The Morgan fingerprint density at radius 3 is 2.42 bits per heavy atom. The van der Waals surface area contributed by atoms with E-state index in [2.05, 4.69) is 25.5 Å². The quantitative estimate of drug-likeness (QED) is 0.272. The number of hydrogen-bond donors (Lipinski definition) is 2. The summed E-state index contributed by atoms with van der Waals surface area (Å²) in [6.45, 7) is 0.497. The lowest BCUT2D eigenvalue weighted by Crippen LogP contribution is -2.29. The van der Waals surface area contributed by atoms with Crippen molar-refractivity contribution < 1.29 is 22.7 Å². The molecule has 0 radical (unpaired) electrons. The SMILES string of the molecule is O=C(NCCCc1ccc(-c2ncn(-c3ccc(OC(F)(F)F)cc3)n2)cc1)Nc1ccccc1Cl. The number of anilines is 1. The first-order chi connectivity index (χ1) is 17.3. The minimum Gasteiger partial charge on any atom is -0.406 e. The van der Waals surface area contributed by atoms with Crippen LogP contribution in [-0.4, -0.2) is 33.7 Å². The van der Waals surface area contributed by atoms with Gasteiger partial charge < -0.3 is 15.4 Å². The molecule has 0 unspecified atom stereocenters. The van der Waals surface area contributed by atoms with Crippen LogP contribution in [-0.2, 0) is 6.42 Å². The van der Waals surface area contributed by atoms with Gasteiger partial charge in [0.2, 0.25) is 0 Å². The molecule has 1 heterocycles. The fourth-order valence-electron chi connectivity index (χ4n) is 3.36. The summed E-state index contributed by atoms with van der Waals surface area (Å²) in [4.78, 5) is 16.3. The van der Waals surface area contributed by atoms with E-state index in [1.54, 1.807) is 24.3 Å². The average molecular weight is 516 g/mol. The Bertz CT molecular complexity index is 1310. The number of carbonyl (C=O) groups excluding carboxylic acids is 1. The molecule has 0 spiro atoms. The number of carbonyl (C=O) groups is 1. The maximum Gasteiger partial charge on any atom is 0.573 e. The van der Waals surface area contributed by atoms with Gasteiger partial charge >= 0.3 is 12.4 Å². The summed E-state index contributed by atoms with van der Waals surface area (Å²) in [7, 11) is 0. The first-order valence-corrected chi connectivity index (χ1v) is 11.3. The van der Waals surface area contributed by atoms with Gasteiger partial charge in [0.1, 0.15) is 12.1 Å². The summed E-state index contributed by atoms with van der Waals surface area (Å²) in [5.74, 6) is 0.175. The summed E-state index contributed by atoms with van der Waals surface area (Å²) >= 11 is 6.03. The molecule has 4 aromatic rings. The van der Waals surface area contributed by atoms with Gasteiger partial charge in [-0.05, 0) is 54.8 Å². The largest absolute Gasteiger partial charge is 0.573 e. The molecule has 0 aliphatic heterocycles. The molecule has 0 saturated carbocycles. The summed E-state index contributed by atoms with van der Waals surface area (Å²) in [6.07, 6.45) is -1.74. The molecule has 186 valence electrons. The van der Waals surface area contributed by atoms with E-state index in [0.29, 0.717) is 28.8 Å². The van der Waals surface area contributed by atoms with Crippen LogP contribution < -0.4 is 15.4 Å². The van der Waals surface area contributed by atoms with Crippen LogP contribution in [0.25, 0.3) is 17.1 Å². The summed E-state index contributed by atoms with van der Waals surface area (Å²) in [5, 5.41) is 10.4. The molecule has 0 bridgehead atoms. The van der Waals surface area contributed by atoms with E-state index in [4.69, 9.17) is 11.6 Å². The van der Waals surface area contributed by atoms with Crippen molar-refractivity contribution >= 4 is 23.3 Å². The third kappa shape index (κ3) is 6.98. The van der Waals surface area contributed by atoms with E-state index >= 15 is 0 Å². The molecule has 36 heavy (non-hydrogen) atoms. The Kier molecular flexibility index (Phi) is 7.74. The van der Waals surface area contributed by atoms with E-state index in [9.17, 15) is 18.0 Å². The molecular formula is C25H21ClF3N5O2. The van der Waals surface area contributed by atoms with E-state index in [1.165, 1.54) is 35.3 Å². The summed E-state index contributed by atoms with van der Waals surface area (Å²) in [6, 6.07) is 19.8. The van der Waals surface area contributed by atoms with Crippen LogP contribution in [0, 0.1) is 0 Å². The highest BCUT2D eigenvalue weighted by molar-refractivity contribution is 6.33. The van der Waals surface area contributed by atoms with Crippen molar-refractivity contribution in [2.45, 2.75) is 19.2 Å². The predicted octanol–water partition coefficient (Wildman–Crippen LogP) is 6.24. The van der Waals surface area contributed by atoms with Gasteiger partial charge in [-0.15, -0.1) is 18.3 Å². The second-order valence-corrected chi connectivity index (χ2v) is 8.12. The topological polar surface area (TPSA) is 81.1 Å². The standard InChI is InChI=1S/C25H21ClF3N5O2/c26-21-5-1-2-6-22(21)32-24(35)30-15-3-4-17-7-9-18(10-8-17)23-31-16-34(33-23)19-11-13-20(14-12-19)36-25(27,28)29/h1-2,5-14,16H,3-4,15H2,(H2,30,32,35). The van der Waals surface area contributed by atoms with Gasteiger partial charge in [0, 0.05) is 12.1 Å². The number of amides is 2. The number of aromatic nitrogens is 3. The van der Waals surface area contributed by atoms with Crippen molar-refractivity contribution in [3.63, 3.8) is 0 Å². The minimum absolute atomic E-state index is 0.307. The third-order valence-electron chi connectivity index (χ3n) is 5.09. The number of halogens is 4. The lowest BCUT2D eigenvalue weighted by molar-refractivity contribution is -0.274. The molecule has 2 amide bonds. The van der Waals surface area contributed by atoms with Crippen molar-refractivity contribution in [1.82, 2.24) is 20.1 Å². The van der Waals surface area contributed by atoms with Gasteiger partial charge in [-0.2, -0.15) is 0 Å². The average Bonchev–Trinajstić information content (AvgIpc) is 3.34. The Balaban J connectivity index is 1.26. The Morgan fingerprint density at radius 1 is 1.00 bits per heavy atom. The fourth-order valence-corrected chi connectivity index (χ4v) is 3.55. The number of rotatable bonds is 8. The van der Waals surface area contributed by atoms with Crippen LogP contribution in [0.2, 0.25) is 5.02 Å². The van der Waals surface area contributed by atoms with Gasteiger partial charge in [-0.1, -0.05) is 48.0 Å². The molecule has 0 saturated heterocycles. The Labute approximate surface area is 209 Å². The lowest BCUT2D eigenvalue weighted by Gasteiger charge is -2.09. The molecule has 2 N–H and O–H groups in total. The summed E-state index contributed by atoms with van der Waals surface area (Å²) < 4.78 is 42.3. The minimum atomic E-state index is -4.74. The van der Waals surface area contributed by atoms with Gasteiger partial charge in [0.05, 0.1) is 16.4 Å². The molecule has 7 nitrogen and oxygen atoms in total. The number of aryl methyl sites for hydroxylation is 1. The van der Waals surface area contributed by atoms with Gasteiger partial charge in [0.15, 0.2) is 5.82 Å².